The van der Waals surface area contributed by atoms with Gasteiger partial charge in [-0.2, -0.15) is 18.4 Å². The fourth-order valence-corrected chi connectivity index (χ4v) is 4.43. The summed E-state index contributed by atoms with van der Waals surface area (Å²) in [7, 11) is 0. The Morgan fingerprint density at radius 3 is 2.61 bits per heavy atom. The molecule has 10 heteroatoms. The zero-order valence-electron chi connectivity index (χ0n) is 17.6. The highest BCUT2D eigenvalue weighted by atomic mass is 32.1. The Morgan fingerprint density at radius 1 is 1.18 bits per heavy atom. The average Bonchev–Trinajstić information content (AvgIpc) is 3.08. The van der Waals surface area contributed by atoms with Gasteiger partial charge in [0.2, 0.25) is 0 Å². The van der Waals surface area contributed by atoms with Crippen molar-refractivity contribution in [2.75, 3.05) is 25.0 Å². The van der Waals surface area contributed by atoms with E-state index >= 15 is 0 Å². The number of rotatable bonds is 3. The molecule has 1 amide bonds. The molecular weight excluding hydrogens is 453 g/mol. The van der Waals surface area contributed by atoms with E-state index < -0.39 is 23.4 Å². The quantitative estimate of drug-likeness (QED) is 0.647. The summed E-state index contributed by atoms with van der Waals surface area (Å²) in [5.74, 6) is 0. The van der Waals surface area contributed by atoms with Crippen molar-refractivity contribution in [2.45, 2.75) is 31.2 Å². The Hall–Kier alpha value is -3.32. The number of thiocarbonyl (C=S) groups is 1. The number of likely N-dealkylation sites (tertiary alicyclic amines) is 1. The molecule has 2 aliphatic heterocycles. The molecule has 1 spiro atoms. The molecule has 6 nitrogen and oxygen atoms in total. The van der Waals surface area contributed by atoms with Crippen LogP contribution < -0.4 is 5.32 Å². The van der Waals surface area contributed by atoms with Crippen LogP contribution in [0.2, 0.25) is 0 Å². The van der Waals surface area contributed by atoms with Gasteiger partial charge >= 0.3 is 12.3 Å². The minimum absolute atomic E-state index is 0.271. The molecule has 0 bridgehead atoms. The van der Waals surface area contributed by atoms with Gasteiger partial charge in [0.15, 0.2) is 5.11 Å². The van der Waals surface area contributed by atoms with E-state index in [1.165, 1.54) is 12.1 Å². The third kappa shape index (κ3) is 5.20. The lowest BCUT2D eigenvalue weighted by molar-refractivity contribution is -0.137. The summed E-state index contributed by atoms with van der Waals surface area (Å²) in [6.45, 7) is 1.81. The smallest absolute Gasteiger partial charge is 0.416 e. The number of piperidine rings is 1. The molecule has 2 aliphatic rings. The topological polar surface area (TPSA) is 68.6 Å². The number of nitrogens with one attached hydrogen (secondary N) is 1. The Balaban J connectivity index is 1.34. The van der Waals surface area contributed by atoms with Crippen molar-refractivity contribution in [1.82, 2.24) is 9.80 Å². The molecule has 2 fully saturated rings. The van der Waals surface area contributed by atoms with E-state index in [0.717, 1.165) is 17.7 Å². The van der Waals surface area contributed by atoms with Gasteiger partial charge in [0.1, 0.15) is 5.60 Å². The van der Waals surface area contributed by atoms with Crippen LogP contribution in [0, 0.1) is 11.3 Å². The number of carbonyl (C=O) groups is 1. The first-order valence-electron chi connectivity index (χ1n) is 10.4. The molecule has 33 heavy (non-hydrogen) atoms. The summed E-state index contributed by atoms with van der Waals surface area (Å²) in [4.78, 5) is 16.0. The van der Waals surface area contributed by atoms with Crippen molar-refractivity contribution in [3.05, 3.63) is 65.2 Å². The number of benzene rings is 2. The van der Waals surface area contributed by atoms with Crippen LogP contribution in [-0.4, -0.2) is 46.2 Å². The van der Waals surface area contributed by atoms with E-state index in [4.69, 9.17) is 22.2 Å². The second-order valence-corrected chi connectivity index (χ2v) is 8.60. The first-order valence-corrected chi connectivity index (χ1v) is 10.8. The van der Waals surface area contributed by atoms with Crippen LogP contribution in [0.4, 0.5) is 23.7 Å². The molecule has 2 aromatic rings. The summed E-state index contributed by atoms with van der Waals surface area (Å²) in [6, 6.07) is 14.1. The second-order valence-electron chi connectivity index (χ2n) is 8.21. The maximum atomic E-state index is 12.9. The first-order chi connectivity index (χ1) is 15.7. The zero-order valence-corrected chi connectivity index (χ0v) is 18.4. The van der Waals surface area contributed by atoms with Gasteiger partial charge < -0.3 is 15.0 Å². The number of nitrogens with zero attached hydrogens (tertiary/aromatic N) is 3. The highest BCUT2D eigenvalue weighted by Gasteiger charge is 2.47. The Bertz CT molecular complexity index is 1110. The lowest BCUT2D eigenvalue weighted by atomic mass is 9.91. The van der Waals surface area contributed by atoms with E-state index in [-0.39, 0.29) is 5.69 Å². The second kappa shape index (κ2) is 8.90. The largest absolute Gasteiger partial charge is 0.441 e. The molecule has 2 saturated heterocycles. The van der Waals surface area contributed by atoms with Gasteiger partial charge in [-0.1, -0.05) is 18.2 Å². The van der Waals surface area contributed by atoms with Crippen molar-refractivity contribution in [3.63, 3.8) is 0 Å². The number of carbonyl (C=O) groups excluding carboxylic acids is 1. The molecule has 0 saturated carbocycles. The van der Waals surface area contributed by atoms with Crippen LogP contribution in [0.3, 0.4) is 0 Å². The highest BCUT2D eigenvalue weighted by molar-refractivity contribution is 7.80. The predicted molar refractivity (Wildman–Crippen MR) is 119 cm³/mol. The minimum Gasteiger partial charge on any atom is -0.441 e. The van der Waals surface area contributed by atoms with Gasteiger partial charge in [0.05, 0.1) is 23.7 Å². The minimum atomic E-state index is -4.43. The summed E-state index contributed by atoms with van der Waals surface area (Å²) in [5, 5.41) is 12.3. The van der Waals surface area contributed by atoms with Crippen molar-refractivity contribution < 1.29 is 22.7 Å². The summed E-state index contributed by atoms with van der Waals surface area (Å²) < 4.78 is 44.5. The standard InChI is InChI=1S/C23H21F3N4O2S/c24-23(25,26)18-5-2-6-19(12-18)28-20(33)29-9-7-22(8-10-29)15-30(21(31)32-22)14-17-4-1-3-16(11-17)13-27/h1-6,11-12H,7-10,14-15H2,(H,28,33). The van der Waals surface area contributed by atoms with Gasteiger partial charge in [-0.25, -0.2) is 4.79 Å². The average molecular weight is 475 g/mol. The molecule has 4 rings (SSSR count). The molecule has 2 heterocycles. The lowest BCUT2D eigenvalue weighted by Crippen LogP contribution is -2.49. The summed E-state index contributed by atoms with van der Waals surface area (Å²) in [6.07, 6.45) is -3.71. The lowest BCUT2D eigenvalue weighted by Gasteiger charge is -2.38. The van der Waals surface area contributed by atoms with Gasteiger partial charge in [-0.05, 0) is 48.1 Å². The number of hydrogen-bond acceptors (Lipinski definition) is 4. The van der Waals surface area contributed by atoms with Crippen molar-refractivity contribution in [2.24, 2.45) is 0 Å². The fourth-order valence-electron chi connectivity index (χ4n) is 4.13. The van der Waals surface area contributed by atoms with E-state index in [1.807, 2.05) is 11.0 Å². The van der Waals surface area contributed by atoms with Gasteiger partial charge in [-0.3, -0.25) is 4.90 Å². The SMILES string of the molecule is N#Cc1cccc(CN2CC3(CCN(C(=S)Nc4cccc(C(F)(F)F)c4)CC3)OC2=O)c1. The predicted octanol–water partition coefficient (Wildman–Crippen LogP) is 4.76. The van der Waals surface area contributed by atoms with Gasteiger partial charge in [-0.15, -0.1) is 0 Å². The van der Waals surface area contributed by atoms with E-state index in [9.17, 15) is 18.0 Å². The number of hydrogen-bond donors (Lipinski definition) is 1. The first kappa shape index (κ1) is 22.9. The number of halogens is 3. The van der Waals surface area contributed by atoms with Crippen molar-refractivity contribution in [3.8, 4) is 6.07 Å². The van der Waals surface area contributed by atoms with E-state index in [0.29, 0.717) is 49.7 Å². The Morgan fingerprint density at radius 2 is 1.91 bits per heavy atom. The number of amides is 1. The molecule has 0 aliphatic carbocycles. The van der Waals surface area contributed by atoms with E-state index in [1.54, 1.807) is 23.1 Å². The van der Waals surface area contributed by atoms with Crippen LogP contribution in [0.15, 0.2) is 48.5 Å². The third-order valence-electron chi connectivity index (χ3n) is 5.87. The van der Waals surface area contributed by atoms with Gasteiger partial charge in [0.25, 0.3) is 0 Å². The highest BCUT2D eigenvalue weighted by Crippen LogP contribution is 2.35. The molecule has 0 aromatic heterocycles. The molecule has 0 atom stereocenters. The molecule has 1 N–H and O–H groups in total. The van der Waals surface area contributed by atoms with Crippen LogP contribution in [0.5, 0.6) is 0 Å². The van der Waals surface area contributed by atoms with Crippen LogP contribution in [0.25, 0.3) is 0 Å². The van der Waals surface area contributed by atoms with Crippen molar-refractivity contribution in [1.29, 1.82) is 5.26 Å². The Labute approximate surface area is 194 Å². The maximum Gasteiger partial charge on any atom is 0.416 e. The fraction of sp³-hybridized carbons (Fsp3) is 0.348. The molecule has 0 radical (unpaired) electrons. The van der Waals surface area contributed by atoms with E-state index in [2.05, 4.69) is 11.4 Å². The molecule has 0 unspecified atom stereocenters. The monoisotopic (exact) mass is 474 g/mol. The summed E-state index contributed by atoms with van der Waals surface area (Å²) >= 11 is 5.40. The van der Waals surface area contributed by atoms with Crippen LogP contribution in [0.1, 0.15) is 29.5 Å². The number of ether oxygens (including phenoxy) is 1. The molecule has 2 aromatic carbocycles. The zero-order chi connectivity index (χ0) is 23.6. The molecule has 172 valence electrons. The number of anilines is 1. The maximum absolute atomic E-state index is 12.9. The Kier molecular flexibility index (Phi) is 6.17. The molecular formula is C23H21F3N4O2S. The van der Waals surface area contributed by atoms with Crippen molar-refractivity contribution >= 4 is 29.1 Å². The van der Waals surface area contributed by atoms with Crippen LogP contribution in [-0.2, 0) is 17.5 Å². The van der Waals surface area contributed by atoms with Crippen LogP contribution >= 0.6 is 12.2 Å². The summed E-state index contributed by atoms with van der Waals surface area (Å²) in [5.41, 5.74) is 0.294. The van der Waals surface area contributed by atoms with Gasteiger partial charge in [0, 0.05) is 38.2 Å². The number of alkyl halides is 3. The normalized spacial score (nSPS) is 17.6. The number of nitriles is 1. The third-order valence-corrected chi connectivity index (χ3v) is 6.23.